The van der Waals surface area contributed by atoms with Crippen LogP contribution in [0.5, 0.6) is 0 Å². The van der Waals surface area contributed by atoms with E-state index in [0.717, 1.165) is 30.5 Å². The molecule has 21 heavy (non-hydrogen) atoms. The Morgan fingerprint density at radius 3 is 2.05 bits per heavy atom. The van der Waals surface area contributed by atoms with Crippen molar-refractivity contribution in [3.8, 4) is 0 Å². The number of amides is 2. The Hall–Kier alpha value is -1.92. The Morgan fingerprint density at radius 2 is 1.52 bits per heavy atom. The predicted octanol–water partition coefficient (Wildman–Crippen LogP) is 1.93. The van der Waals surface area contributed by atoms with E-state index in [4.69, 9.17) is 10.9 Å². The van der Waals surface area contributed by atoms with Gasteiger partial charge in [0, 0.05) is 25.1 Å². The van der Waals surface area contributed by atoms with E-state index in [-0.39, 0.29) is 11.8 Å². The van der Waals surface area contributed by atoms with E-state index in [0.29, 0.717) is 25.8 Å². The standard InChI is InChI=1S/C15H23N3O3/c16-11-12-7-9-13(10-8-12)17-14(19)5-3-1-2-4-6-15(20)18-21/h7-10,21H,1-6,11,16H2,(H,17,19)(H,18,20). The van der Waals surface area contributed by atoms with Gasteiger partial charge in [0.05, 0.1) is 0 Å². The lowest BCUT2D eigenvalue weighted by Crippen LogP contribution is -2.17. The lowest BCUT2D eigenvalue weighted by Gasteiger charge is -2.06. The van der Waals surface area contributed by atoms with Crippen LogP contribution in [0.3, 0.4) is 0 Å². The minimum absolute atomic E-state index is 0.0106. The summed E-state index contributed by atoms with van der Waals surface area (Å²) in [6.07, 6.45) is 4.03. The number of anilines is 1. The summed E-state index contributed by atoms with van der Waals surface area (Å²) in [7, 11) is 0. The largest absolute Gasteiger partial charge is 0.326 e. The second-order valence-corrected chi connectivity index (χ2v) is 4.90. The first kappa shape index (κ1) is 17.1. The highest BCUT2D eigenvalue weighted by Crippen LogP contribution is 2.11. The molecule has 0 radical (unpaired) electrons. The van der Waals surface area contributed by atoms with Crippen molar-refractivity contribution in [3.63, 3.8) is 0 Å². The molecule has 0 saturated heterocycles. The SMILES string of the molecule is NCc1ccc(NC(=O)CCCCCCC(=O)NO)cc1. The molecule has 0 unspecified atom stereocenters. The second-order valence-electron chi connectivity index (χ2n) is 4.90. The molecule has 0 heterocycles. The molecule has 1 rings (SSSR count). The average Bonchev–Trinajstić information content (AvgIpc) is 2.51. The van der Waals surface area contributed by atoms with Gasteiger partial charge in [0.25, 0.3) is 0 Å². The van der Waals surface area contributed by atoms with Crippen LogP contribution in [0.4, 0.5) is 5.69 Å². The van der Waals surface area contributed by atoms with Crippen LogP contribution in [-0.2, 0) is 16.1 Å². The van der Waals surface area contributed by atoms with Gasteiger partial charge in [-0.1, -0.05) is 25.0 Å². The van der Waals surface area contributed by atoms with Crippen molar-refractivity contribution in [1.82, 2.24) is 5.48 Å². The molecule has 0 spiro atoms. The molecule has 2 amide bonds. The Balaban J connectivity index is 2.12. The zero-order valence-corrected chi connectivity index (χ0v) is 12.1. The summed E-state index contributed by atoms with van der Waals surface area (Å²) < 4.78 is 0. The first-order valence-electron chi connectivity index (χ1n) is 7.17. The van der Waals surface area contributed by atoms with Crippen molar-refractivity contribution < 1.29 is 14.8 Å². The quantitative estimate of drug-likeness (QED) is 0.317. The van der Waals surface area contributed by atoms with E-state index in [2.05, 4.69) is 5.32 Å². The van der Waals surface area contributed by atoms with Gasteiger partial charge in [-0.05, 0) is 30.5 Å². The molecule has 0 aliphatic rings. The van der Waals surface area contributed by atoms with E-state index in [1.54, 1.807) is 5.48 Å². The van der Waals surface area contributed by atoms with Gasteiger partial charge in [-0.2, -0.15) is 0 Å². The number of hydroxylamine groups is 1. The van der Waals surface area contributed by atoms with Gasteiger partial charge < -0.3 is 11.1 Å². The smallest absolute Gasteiger partial charge is 0.243 e. The Bertz CT molecular complexity index is 446. The first-order valence-corrected chi connectivity index (χ1v) is 7.17. The molecule has 0 saturated carbocycles. The number of nitrogens with one attached hydrogen (secondary N) is 2. The van der Waals surface area contributed by atoms with Gasteiger partial charge in [0.15, 0.2) is 0 Å². The molecule has 0 aliphatic carbocycles. The summed E-state index contributed by atoms with van der Waals surface area (Å²) >= 11 is 0. The second kappa shape index (κ2) is 9.90. The van der Waals surface area contributed by atoms with E-state index in [1.807, 2.05) is 24.3 Å². The van der Waals surface area contributed by atoms with Crippen LogP contribution in [0.15, 0.2) is 24.3 Å². The van der Waals surface area contributed by atoms with E-state index < -0.39 is 0 Å². The van der Waals surface area contributed by atoms with Gasteiger partial charge in [0.2, 0.25) is 11.8 Å². The molecular weight excluding hydrogens is 270 g/mol. The monoisotopic (exact) mass is 293 g/mol. The zero-order valence-electron chi connectivity index (χ0n) is 12.1. The third-order valence-electron chi connectivity index (χ3n) is 3.16. The highest BCUT2D eigenvalue weighted by atomic mass is 16.5. The molecule has 6 nitrogen and oxygen atoms in total. The van der Waals surface area contributed by atoms with Crippen LogP contribution < -0.4 is 16.5 Å². The highest BCUT2D eigenvalue weighted by molar-refractivity contribution is 5.90. The van der Waals surface area contributed by atoms with E-state index in [1.165, 1.54) is 0 Å². The summed E-state index contributed by atoms with van der Waals surface area (Å²) in [5.41, 5.74) is 8.91. The number of hydrogen-bond donors (Lipinski definition) is 4. The maximum absolute atomic E-state index is 11.7. The summed E-state index contributed by atoms with van der Waals surface area (Å²) in [5, 5.41) is 11.2. The zero-order chi connectivity index (χ0) is 15.5. The first-order chi connectivity index (χ1) is 10.2. The molecule has 0 atom stereocenters. The van der Waals surface area contributed by atoms with E-state index >= 15 is 0 Å². The summed E-state index contributed by atoms with van der Waals surface area (Å²) in [4.78, 5) is 22.5. The third kappa shape index (κ3) is 7.43. The molecule has 1 aromatic carbocycles. The third-order valence-corrected chi connectivity index (χ3v) is 3.16. The Morgan fingerprint density at radius 1 is 0.952 bits per heavy atom. The van der Waals surface area contributed by atoms with Crippen LogP contribution in [0.25, 0.3) is 0 Å². The minimum Gasteiger partial charge on any atom is -0.326 e. The highest BCUT2D eigenvalue weighted by Gasteiger charge is 2.03. The molecule has 5 N–H and O–H groups in total. The lowest BCUT2D eigenvalue weighted by atomic mass is 10.1. The molecule has 6 heteroatoms. The predicted molar refractivity (Wildman–Crippen MR) is 80.6 cm³/mol. The maximum atomic E-state index is 11.7. The van der Waals surface area contributed by atoms with Crippen molar-refractivity contribution in [2.24, 2.45) is 5.73 Å². The number of nitrogens with two attached hydrogens (primary N) is 1. The van der Waals surface area contributed by atoms with Crippen LogP contribution in [0.2, 0.25) is 0 Å². The van der Waals surface area contributed by atoms with Crippen molar-refractivity contribution >= 4 is 17.5 Å². The number of unbranched alkanes of at least 4 members (excludes halogenated alkanes) is 3. The number of carbonyl (C=O) groups excluding carboxylic acids is 2. The molecule has 0 bridgehead atoms. The number of carbonyl (C=O) groups is 2. The summed E-state index contributed by atoms with van der Waals surface area (Å²) in [5.74, 6) is -0.378. The lowest BCUT2D eigenvalue weighted by molar-refractivity contribution is -0.129. The molecule has 0 aromatic heterocycles. The van der Waals surface area contributed by atoms with E-state index in [9.17, 15) is 9.59 Å². The van der Waals surface area contributed by atoms with Gasteiger partial charge >= 0.3 is 0 Å². The van der Waals surface area contributed by atoms with Gasteiger partial charge in [0.1, 0.15) is 0 Å². The summed E-state index contributed by atoms with van der Waals surface area (Å²) in [6.45, 7) is 0.489. The number of rotatable bonds is 9. The van der Waals surface area contributed by atoms with Crippen LogP contribution >= 0.6 is 0 Å². The fraction of sp³-hybridized carbons (Fsp3) is 0.467. The van der Waals surface area contributed by atoms with Crippen LogP contribution in [-0.4, -0.2) is 17.0 Å². The average molecular weight is 293 g/mol. The molecule has 116 valence electrons. The molecule has 0 fully saturated rings. The van der Waals surface area contributed by atoms with Gasteiger partial charge in [-0.3, -0.25) is 14.8 Å². The van der Waals surface area contributed by atoms with Crippen LogP contribution in [0, 0.1) is 0 Å². The fourth-order valence-electron chi connectivity index (χ4n) is 1.93. The summed E-state index contributed by atoms with van der Waals surface area (Å²) in [6, 6.07) is 7.46. The molecule has 1 aromatic rings. The fourth-order valence-corrected chi connectivity index (χ4v) is 1.93. The minimum atomic E-state index is -0.367. The topological polar surface area (TPSA) is 104 Å². The van der Waals surface area contributed by atoms with Crippen molar-refractivity contribution in [3.05, 3.63) is 29.8 Å². The van der Waals surface area contributed by atoms with Gasteiger partial charge in [-0.15, -0.1) is 0 Å². The van der Waals surface area contributed by atoms with Crippen molar-refractivity contribution in [2.75, 3.05) is 5.32 Å². The molecular formula is C15H23N3O3. The van der Waals surface area contributed by atoms with Crippen molar-refractivity contribution in [2.45, 2.75) is 45.1 Å². The number of hydrogen-bond acceptors (Lipinski definition) is 4. The molecule has 0 aliphatic heterocycles. The Kier molecular flexibility index (Phi) is 8.08. The van der Waals surface area contributed by atoms with Crippen molar-refractivity contribution in [1.29, 1.82) is 0 Å². The van der Waals surface area contributed by atoms with Gasteiger partial charge in [-0.25, -0.2) is 5.48 Å². The Labute approximate surface area is 124 Å². The normalized spacial score (nSPS) is 10.2. The maximum Gasteiger partial charge on any atom is 0.243 e. The number of benzene rings is 1. The van der Waals surface area contributed by atoms with Crippen LogP contribution in [0.1, 0.15) is 44.1 Å².